The number of carbonyl (C=O) groups excluding carboxylic acids is 1. The van der Waals surface area contributed by atoms with Crippen LogP contribution in [0.5, 0.6) is 0 Å². The van der Waals surface area contributed by atoms with Crippen molar-refractivity contribution in [1.82, 2.24) is 19.7 Å². The van der Waals surface area contributed by atoms with E-state index in [1.54, 1.807) is 24.1 Å². The number of aromatic nitrogens is 3. The topological polar surface area (TPSA) is 51.0 Å². The summed E-state index contributed by atoms with van der Waals surface area (Å²) in [6.45, 7) is 1.93. The number of thioether (sulfide) groups is 1. The molecule has 4 rings (SSSR count). The Morgan fingerprint density at radius 2 is 1.59 bits per heavy atom. The molecule has 7 heteroatoms. The van der Waals surface area contributed by atoms with Crippen LogP contribution < -0.4 is 0 Å². The van der Waals surface area contributed by atoms with Crippen LogP contribution in [0.15, 0.2) is 90.1 Å². The Bertz CT molecular complexity index is 1180. The van der Waals surface area contributed by atoms with Gasteiger partial charge in [-0.25, -0.2) is 4.39 Å². The smallest absolute Gasteiger partial charge is 0.233 e. The highest BCUT2D eigenvalue weighted by atomic mass is 32.2. The summed E-state index contributed by atoms with van der Waals surface area (Å²) in [4.78, 5) is 14.6. The standard InChI is InChI=1S/C25H23FN4OS/c1-18(19-13-15-21(26)16-14-19)29(2)23(31)17-32-25-28-27-24(20-9-5-3-6-10-20)30(25)22-11-7-4-8-12-22/h3-16,18H,17H2,1-2H3. The lowest BCUT2D eigenvalue weighted by Crippen LogP contribution is -2.31. The third-order valence-corrected chi connectivity index (χ3v) is 6.24. The number of hydrogen-bond donors (Lipinski definition) is 0. The van der Waals surface area contributed by atoms with Crippen molar-refractivity contribution in [2.24, 2.45) is 0 Å². The fraction of sp³-hybridized carbons (Fsp3) is 0.160. The Morgan fingerprint density at radius 3 is 2.25 bits per heavy atom. The van der Waals surface area contributed by atoms with Crippen molar-refractivity contribution in [3.05, 3.63) is 96.3 Å². The van der Waals surface area contributed by atoms with Crippen LogP contribution in [0.3, 0.4) is 0 Å². The fourth-order valence-corrected chi connectivity index (χ4v) is 4.23. The first-order valence-electron chi connectivity index (χ1n) is 10.2. The minimum absolute atomic E-state index is 0.0457. The molecule has 5 nitrogen and oxygen atoms in total. The van der Waals surface area contributed by atoms with Crippen molar-refractivity contribution >= 4 is 17.7 Å². The van der Waals surface area contributed by atoms with Crippen molar-refractivity contribution in [3.63, 3.8) is 0 Å². The van der Waals surface area contributed by atoms with Gasteiger partial charge in [0.15, 0.2) is 11.0 Å². The van der Waals surface area contributed by atoms with Gasteiger partial charge < -0.3 is 4.90 Å². The minimum atomic E-state index is -0.292. The normalized spacial score (nSPS) is 11.8. The van der Waals surface area contributed by atoms with Crippen molar-refractivity contribution in [2.75, 3.05) is 12.8 Å². The second-order valence-electron chi connectivity index (χ2n) is 7.36. The largest absolute Gasteiger partial charge is 0.338 e. The molecule has 4 aromatic rings. The maximum atomic E-state index is 13.2. The van der Waals surface area contributed by atoms with E-state index in [2.05, 4.69) is 10.2 Å². The van der Waals surface area contributed by atoms with E-state index in [0.29, 0.717) is 5.16 Å². The molecular weight excluding hydrogens is 423 g/mol. The van der Waals surface area contributed by atoms with Gasteiger partial charge in [-0.15, -0.1) is 10.2 Å². The first kappa shape index (κ1) is 21.8. The number of para-hydroxylation sites is 1. The Morgan fingerprint density at radius 1 is 0.969 bits per heavy atom. The van der Waals surface area contributed by atoms with Crippen molar-refractivity contribution in [1.29, 1.82) is 0 Å². The molecular formula is C25H23FN4OS. The molecule has 0 aliphatic carbocycles. The molecule has 1 amide bonds. The van der Waals surface area contributed by atoms with Gasteiger partial charge in [0, 0.05) is 18.3 Å². The summed E-state index contributed by atoms with van der Waals surface area (Å²) in [5.74, 6) is 0.595. The van der Waals surface area contributed by atoms with E-state index in [9.17, 15) is 9.18 Å². The van der Waals surface area contributed by atoms with Crippen LogP contribution in [0, 0.1) is 5.82 Å². The maximum absolute atomic E-state index is 13.2. The molecule has 0 saturated carbocycles. The Balaban J connectivity index is 1.55. The van der Waals surface area contributed by atoms with Gasteiger partial charge in [0.05, 0.1) is 11.8 Å². The maximum Gasteiger partial charge on any atom is 0.233 e. The SMILES string of the molecule is CC(c1ccc(F)cc1)N(C)C(=O)CSc1nnc(-c2ccccc2)n1-c1ccccc1. The first-order valence-corrected chi connectivity index (χ1v) is 11.2. The van der Waals surface area contributed by atoms with Crippen LogP contribution in [0.25, 0.3) is 17.1 Å². The summed E-state index contributed by atoms with van der Waals surface area (Å²) in [5, 5.41) is 9.43. The predicted molar refractivity (Wildman–Crippen MR) is 125 cm³/mol. The Hall–Kier alpha value is -3.45. The summed E-state index contributed by atoms with van der Waals surface area (Å²) in [6, 6.07) is 25.8. The van der Waals surface area contributed by atoms with Crippen LogP contribution in [-0.2, 0) is 4.79 Å². The molecule has 0 aliphatic heterocycles. The lowest BCUT2D eigenvalue weighted by molar-refractivity contribution is -0.128. The number of benzene rings is 3. The monoisotopic (exact) mass is 446 g/mol. The van der Waals surface area contributed by atoms with Crippen LogP contribution in [0.4, 0.5) is 4.39 Å². The number of hydrogen-bond acceptors (Lipinski definition) is 4. The molecule has 3 aromatic carbocycles. The average molecular weight is 447 g/mol. The summed E-state index contributed by atoms with van der Waals surface area (Å²) >= 11 is 1.35. The summed E-state index contributed by atoms with van der Waals surface area (Å²) < 4.78 is 15.2. The van der Waals surface area contributed by atoms with Crippen molar-refractivity contribution < 1.29 is 9.18 Å². The summed E-state index contributed by atoms with van der Waals surface area (Å²) in [5.41, 5.74) is 2.76. The Labute approximate surface area is 190 Å². The third-order valence-electron chi connectivity index (χ3n) is 5.33. The second-order valence-corrected chi connectivity index (χ2v) is 8.31. The molecule has 0 spiro atoms. The zero-order chi connectivity index (χ0) is 22.5. The zero-order valence-electron chi connectivity index (χ0n) is 17.9. The van der Waals surface area contributed by atoms with E-state index in [1.165, 1.54) is 23.9 Å². The molecule has 162 valence electrons. The molecule has 1 unspecified atom stereocenters. The quantitative estimate of drug-likeness (QED) is 0.358. The Kier molecular flexibility index (Phi) is 6.66. The van der Waals surface area contributed by atoms with Gasteiger partial charge in [0.2, 0.25) is 5.91 Å². The average Bonchev–Trinajstić information content (AvgIpc) is 3.27. The number of nitrogens with zero attached hydrogens (tertiary/aromatic N) is 4. The van der Waals surface area contributed by atoms with Crippen molar-refractivity contribution in [2.45, 2.75) is 18.1 Å². The molecule has 0 saturated heterocycles. The van der Waals surface area contributed by atoms with Crippen LogP contribution in [0.2, 0.25) is 0 Å². The number of rotatable bonds is 7. The number of carbonyl (C=O) groups is 1. The molecule has 0 fully saturated rings. The lowest BCUT2D eigenvalue weighted by Gasteiger charge is -2.25. The highest BCUT2D eigenvalue weighted by Crippen LogP contribution is 2.28. The molecule has 1 atom stereocenters. The molecule has 0 aliphatic rings. The zero-order valence-corrected chi connectivity index (χ0v) is 18.7. The van der Waals surface area contributed by atoms with E-state index in [-0.39, 0.29) is 23.5 Å². The highest BCUT2D eigenvalue weighted by molar-refractivity contribution is 7.99. The summed E-state index contributed by atoms with van der Waals surface area (Å²) in [6.07, 6.45) is 0. The second kappa shape index (κ2) is 9.78. The molecule has 32 heavy (non-hydrogen) atoms. The fourth-order valence-electron chi connectivity index (χ4n) is 3.36. The van der Waals surface area contributed by atoms with Crippen molar-refractivity contribution in [3.8, 4) is 17.1 Å². The van der Waals surface area contributed by atoms with E-state index < -0.39 is 0 Å². The molecule has 1 aromatic heterocycles. The third kappa shape index (κ3) is 4.73. The molecule has 0 radical (unpaired) electrons. The van der Waals surface area contributed by atoms with Gasteiger partial charge in [-0.3, -0.25) is 9.36 Å². The summed E-state index contributed by atoms with van der Waals surface area (Å²) in [7, 11) is 1.76. The van der Waals surface area contributed by atoms with Crippen LogP contribution in [0.1, 0.15) is 18.5 Å². The van der Waals surface area contributed by atoms with Gasteiger partial charge in [0.1, 0.15) is 5.82 Å². The molecule has 0 bridgehead atoms. The molecule has 0 N–H and O–H groups in total. The van der Waals surface area contributed by atoms with Gasteiger partial charge >= 0.3 is 0 Å². The lowest BCUT2D eigenvalue weighted by atomic mass is 10.1. The van der Waals surface area contributed by atoms with E-state index in [1.807, 2.05) is 72.2 Å². The minimum Gasteiger partial charge on any atom is -0.338 e. The van der Waals surface area contributed by atoms with Gasteiger partial charge in [-0.2, -0.15) is 0 Å². The molecule has 1 heterocycles. The van der Waals surface area contributed by atoms with Gasteiger partial charge in [0.25, 0.3) is 0 Å². The predicted octanol–water partition coefficient (Wildman–Crippen LogP) is 5.39. The van der Waals surface area contributed by atoms with Crippen LogP contribution in [-0.4, -0.2) is 38.4 Å². The van der Waals surface area contributed by atoms with E-state index in [0.717, 1.165) is 22.6 Å². The highest BCUT2D eigenvalue weighted by Gasteiger charge is 2.21. The van der Waals surface area contributed by atoms with E-state index in [4.69, 9.17) is 0 Å². The van der Waals surface area contributed by atoms with Crippen LogP contribution >= 0.6 is 11.8 Å². The number of amides is 1. The number of halogens is 1. The van der Waals surface area contributed by atoms with Gasteiger partial charge in [-0.1, -0.05) is 72.4 Å². The van der Waals surface area contributed by atoms with E-state index >= 15 is 0 Å². The van der Waals surface area contributed by atoms with Gasteiger partial charge in [-0.05, 0) is 36.8 Å². The first-order chi connectivity index (χ1) is 15.5.